The largest absolute Gasteiger partial charge is 0.327 e. The Balaban J connectivity index is 1.90. The number of hydrogen-bond donors (Lipinski definition) is 1. The minimum Gasteiger partial charge on any atom is -0.327 e. The lowest BCUT2D eigenvalue weighted by molar-refractivity contribution is 0.554. The summed E-state index contributed by atoms with van der Waals surface area (Å²) in [5.41, 5.74) is 10.0. The van der Waals surface area contributed by atoms with Gasteiger partial charge in [-0.15, -0.1) is 0 Å². The standard InChI is InChI=1S/C20H25N3/c1-2-3-9-14-23-19-13-8-7-12-18(19)22-20(23)17(21)15-16-10-5-4-6-11-16/h4-8,10-13,17H,2-3,9,14-15,21H2,1H3. The summed E-state index contributed by atoms with van der Waals surface area (Å²) in [6, 6.07) is 18.7. The van der Waals surface area contributed by atoms with Crippen LogP contribution in [0, 0.1) is 0 Å². The van der Waals surface area contributed by atoms with E-state index in [4.69, 9.17) is 10.7 Å². The van der Waals surface area contributed by atoms with Crippen LogP contribution in [0.4, 0.5) is 0 Å². The number of aryl methyl sites for hydroxylation is 1. The molecule has 0 aliphatic heterocycles. The Kier molecular flexibility index (Phi) is 5.09. The van der Waals surface area contributed by atoms with Gasteiger partial charge in [0.05, 0.1) is 17.1 Å². The molecule has 0 aliphatic rings. The van der Waals surface area contributed by atoms with Crippen molar-refractivity contribution in [2.75, 3.05) is 0 Å². The van der Waals surface area contributed by atoms with Crippen molar-refractivity contribution in [3.8, 4) is 0 Å². The number of imidazole rings is 1. The van der Waals surface area contributed by atoms with Crippen LogP contribution in [0.15, 0.2) is 54.6 Å². The van der Waals surface area contributed by atoms with E-state index in [0.717, 1.165) is 24.3 Å². The molecule has 1 heterocycles. The number of aromatic nitrogens is 2. The Hall–Kier alpha value is -2.13. The van der Waals surface area contributed by atoms with Crippen LogP contribution in [0.25, 0.3) is 11.0 Å². The summed E-state index contributed by atoms with van der Waals surface area (Å²) >= 11 is 0. The van der Waals surface area contributed by atoms with Crippen LogP contribution < -0.4 is 5.73 Å². The lowest BCUT2D eigenvalue weighted by Crippen LogP contribution is -2.19. The second-order valence-electron chi connectivity index (χ2n) is 6.11. The molecule has 0 aliphatic carbocycles. The third-order valence-corrected chi connectivity index (χ3v) is 4.30. The monoisotopic (exact) mass is 307 g/mol. The first-order valence-electron chi connectivity index (χ1n) is 8.54. The van der Waals surface area contributed by atoms with Crippen molar-refractivity contribution in [2.24, 2.45) is 5.73 Å². The lowest BCUT2D eigenvalue weighted by Gasteiger charge is -2.15. The Morgan fingerprint density at radius 2 is 1.74 bits per heavy atom. The van der Waals surface area contributed by atoms with Crippen molar-refractivity contribution in [1.29, 1.82) is 0 Å². The summed E-state index contributed by atoms with van der Waals surface area (Å²) in [6.07, 6.45) is 4.44. The molecule has 23 heavy (non-hydrogen) atoms. The highest BCUT2D eigenvalue weighted by Gasteiger charge is 2.17. The van der Waals surface area contributed by atoms with Crippen LogP contribution in [-0.2, 0) is 13.0 Å². The molecule has 0 saturated carbocycles. The second kappa shape index (κ2) is 7.42. The molecular weight excluding hydrogens is 282 g/mol. The second-order valence-corrected chi connectivity index (χ2v) is 6.11. The van der Waals surface area contributed by atoms with Crippen molar-refractivity contribution in [3.05, 3.63) is 66.0 Å². The van der Waals surface area contributed by atoms with Crippen LogP contribution >= 0.6 is 0 Å². The quantitative estimate of drug-likeness (QED) is 0.654. The highest BCUT2D eigenvalue weighted by Crippen LogP contribution is 2.23. The molecule has 0 spiro atoms. The molecule has 0 bridgehead atoms. The topological polar surface area (TPSA) is 43.8 Å². The molecule has 3 aromatic rings. The first-order chi connectivity index (χ1) is 11.3. The highest BCUT2D eigenvalue weighted by molar-refractivity contribution is 5.76. The van der Waals surface area contributed by atoms with Gasteiger partial charge in [0.2, 0.25) is 0 Å². The molecular formula is C20H25N3. The third kappa shape index (κ3) is 3.62. The normalized spacial score (nSPS) is 12.6. The number of rotatable bonds is 7. The van der Waals surface area contributed by atoms with Crippen molar-refractivity contribution in [3.63, 3.8) is 0 Å². The Bertz CT molecular complexity index is 746. The first kappa shape index (κ1) is 15.8. The van der Waals surface area contributed by atoms with E-state index in [2.05, 4.69) is 54.0 Å². The smallest absolute Gasteiger partial charge is 0.127 e. The Morgan fingerprint density at radius 3 is 2.52 bits per heavy atom. The van der Waals surface area contributed by atoms with E-state index >= 15 is 0 Å². The van der Waals surface area contributed by atoms with E-state index in [1.807, 2.05) is 12.1 Å². The highest BCUT2D eigenvalue weighted by atomic mass is 15.1. The van der Waals surface area contributed by atoms with Gasteiger partial charge in [0, 0.05) is 6.54 Å². The van der Waals surface area contributed by atoms with E-state index in [9.17, 15) is 0 Å². The number of hydrogen-bond acceptors (Lipinski definition) is 2. The van der Waals surface area contributed by atoms with Crippen LogP contribution in [0.3, 0.4) is 0 Å². The van der Waals surface area contributed by atoms with Crippen molar-refractivity contribution >= 4 is 11.0 Å². The maximum absolute atomic E-state index is 6.51. The summed E-state index contributed by atoms with van der Waals surface area (Å²) in [7, 11) is 0. The van der Waals surface area contributed by atoms with Gasteiger partial charge in [-0.05, 0) is 30.5 Å². The Labute approximate surface area is 138 Å². The van der Waals surface area contributed by atoms with Gasteiger partial charge in [-0.3, -0.25) is 0 Å². The van der Waals surface area contributed by atoms with E-state index in [0.29, 0.717) is 0 Å². The Morgan fingerprint density at radius 1 is 1.00 bits per heavy atom. The van der Waals surface area contributed by atoms with Crippen molar-refractivity contribution in [2.45, 2.75) is 45.2 Å². The molecule has 0 fully saturated rings. The number of para-hydroxylation sites is 2. The maximum atomic E-state index is 6.51. The van der Waals surface area contributed by atoms with Gasteiger partial charge in [0.15, 0.2) is 0 Å². The van der Waals surface area contributed by atoms with Gasteiger partial charge in [-0.1, -0.05) is 62.2 Å². The van der Waals surface area contributed by atoms with E-state index in [1.165, 1.54) is 30.3 Å². The zero-order valence-corrected chi connectivity index (χ0v) is 13.8. The van der Waals surface area contributed by atoms with E-state index < -0.39 is 0 Å². The number of nitrogens with two attached hydrogens (primary N) is 1. The molecule has 2 aromatic carbocycles. The van der Waals surface area contributed by atoms with E-state index in [1.54, 1.807) is 0 Å². The molecule has 120 valence electrons. The average Bonchev–Trinajstić information content (AvgIpc) is 2.95. The molecule has 3 rings (SSSR count). The fourth-order valence-electron chi connectivity index (χ4n) is 3.09. The molecule has 1 aromatic heterocycles. The summed E-state index contributed by atoms with van der Waals surface area (Å²) in [4.78, 5) is 4.83. The summed E-state index contributed by atoms with van der Waals surface area (Å²) in [5.74, 6) is 1.01. The minimum atomic E-state index is -0.0774. The van der Waals surface area contributed by atoms with Gasteiger partial charge in [0.25, 0.3) is 0 Å². The SMILES string of the molecule is CCCCCn1c(C(N)Cc2ccccc2)nc2ccccc21. The fraction of sp³-hybridized carbons (Fsp3) is 0.350. The zero-order chi connectivity index (χ0) is 16.1. The van der Waals surface area contributed by atoms with Crippen LogP contribution in [0.5, 0.6) is 0 Å². The van der Waals surface area contributed by atoms with E-state index in [-0.39, 0.29) is 6.04 Å². The van der Waals surface area contributed by atoms with Crippen LogP contribution in [0.1, 0.15) is 43.6 Å². The predicted molar refractivity (Wildman–Crippen MR) is 96.3 cm³/mol. The van der Waals surface area contributed by atoms with Gasteiger partial charge in [0.1, 0.15) is 5.82 Å². The van der Waals surface area contributed by atoms with Gasteiger partial charge >= 0.3 is 0 Å². The number of fused-ring (bicyclic) bond motifs is 1. The molecule has 0 saturated heterocycles. The fourth-order valence-corrected chi connectivity index (χ4v) is 3.09. The zero-order valence-electron chi connectivity index (χ0n) is 13.8. The molecule has 1 atom stereocenters. The van der Waals surface area contributed by atoms with Crippen molar-refractivity contribution in [1.82, 2.24) is 9.55 Å². The predicted octanol–water partition coefficient (Wildman–Crippen LogP) is 4.47. The molecule has 0 amide bonds. The molecule has 3 heteroatoms. The summed E-state index contributed by atoms with van der Waals surface area (Å²) in [5, 5.41) is 0. The van der Waals surface area contributed by atoms with Gasteiger partial charge < -0.3 is 10.3 Å². The molecule has 0 radical (unpaired) electrons. The van der Waals surface area contributed by atoms with Gasteiger partial charge in [-0.2, -0.15) is 0 Å². The first-order valence-corrected chi connectivity index (χ1v) is 8.54. The third-order valence-electron chi connectivity index (χ3n) is 4.30. The van der Waals surface area contributed by atoms with Gasteiger partial charge in [-0.25, -0.2) is 4.98 Å². The molecule has 2 N–H and O–H groups in total. The summed E-state index contributed by atoms with van der Waals surface area (Å²) < 4.78 is 2.32. The number of benzene rings is 2. The molecule has 1 unspecified atom stereocenters. The number of unbranched alkanes of at least 4 members (excludes halogenated alkanes) is 2. The summed E-state index contributed by atoms with van der Waals surface area (Å²) in [6.45, 7) is 3.22. The maximum Gasteiger partial charge on any atom is 0.127 e. The average molecular weight is 307 g/mol. The number of nitrogens with zero attached hydrogens (tertiary/aromatic N) is 2. The van der Waals surface area contributed by atoms with Crippen LogP contribution in [-0.4, -0.2) is 9.55 Å². The van der Waals surface area contributed by atoms with Crippen molar-refractivity contribution < 1.29 is 0 Å². The minimum absolute atomic E-state index is 0.0774. The van der Waals surface area contributed by atoms with Crippen LogP contribution in [0.2, 0.25) is 0 Å². The molecule has 3 nitrogen and oxygen atoms in total. The lowest BCUT2D eigenvalue weighted by atomic mass is 10.1.